The van der Waals surface area contributed by atoms with E-state index in [0.717, 1.165) is 47.9 Å². The number of hydrogen-bond donors (Lipinski definition) is 2. The Morgan fingerprint density at radius 1 is 1.16 bits per heavy atom. The van der Waals surface area contributed by atoms with Crippen LogP contribution in [0.2, 0.25) is 0 Å². The second-order valence-electron chi connectivity index (χ2n) is 8.03. The molecule has 32 heavy (non-hydrogen) atoms. The highest BCUT2D eigenvalue weighted by Gasteiger charge is 2.17. The number of aryl methyl sites for hydroxylation is 1. The van der Waals surface area contributed by atoms with Crippen LogP contribution in [0, 0.1) is 6.92 Å². The van der Waals surface area contributed by atoms with E-state index < -0.39 is 0 Å². The molecular formula is C25H25N5O2. The Bertz CT molecular complexity index is 1230. The van der Waals surface area contributed by atoms with Crippen molar-refractivity contribution in [2.75, 3.05) is 18.5 Å². The first-order valence-electron chi connectivity index (χ1n) is 10.8. The third-order valence-corrected chi connectivity index (χ3v) is 5.68. The molecule has 4 aromatic rings. The maximum atomic E-state index is 12.5. The Kier molecular flexibility index (Phi) is 5.56. The maximum absolute atomic E-state index is 12.5. The summed E-state index contributed by atoms with van der Waals surface area (Å²) in [6, 6.07) is 15.7. The monoisotopic (exact) mass is 427 g/mol. The van der Waals surface area contributed by atoms with Crippen LogP contribution in [0.4, 0.5) is 11.5 Å². The third kappa shape index (κ3) is 4.20. The molecular weight excluding hydrogens is 402 g/mol. The lowest BCUT2D eigenvalue weighted by atomic mass is 10.1. The average molecular weight is 428 g/mol. The summed E-state index contributed by atoms with van der Waals surface area (Å²) >= 11 is 0. The number of rotatable bonds is 6. The number of nitrogens with one attached hydrogen (secondary N) is 2. The molecule has 0 radical (unpaired) electrons. The second kappa shape index (κ2) is 8.80. The molecule has 0 saturated carbocycles. The molecule has 2 aromatic heterocycles. The lowest BCUT2D eigenvalue weighted by molar-refractivity contribution is 0.0858. The van der Waals surface area contributed by atoms with Crippen LogP contribution in [-0.2, 0) is 4.74 Å². The first kappa shape index (κ1) is 20.2. The highest BCUT2D eigenvalue weighted by molar-refractivity contribution is 5.94. The summed E-state index contributed by atoms with van der Waals surface area (Å²) in [7, 11) is 0. The summed E-state index contributed by atoms with van der Waals surface area (Å²) in [6.45, 7) is 3.40. The first-order valence-corrected chi connectivity index (χ1v) is 10.8. The van der Waals surface area contributed by atoms with Crippen LogP contribution in [0.5, 0.6) is 0 Å². The van der Waals surface area contributed by atoms with Gasteiger partial charge in [-0.2, -0.15) is 0 Å². The molecule has 7 heteroatoms. The number of amides is 1. The van der Waals surface area contributed by atoms with Gasteiger partial charge in [0.05, 0.1) is 12.3 Å². The summed E-state index contributed by atoms with van der Waals surface area (Å²) in [4.78, 5) is 21.4. The first-order chi connectivity index (χ1) is 15.7. The molecule has 3 heterocycles. The number of hydrogen-bond acceptors (Lipinski definition) is 5. The molecule has 1 saturated heterocycles. The van der Waals surface area contributed by atoms with E-state index in [1.165, 1.54) is 5.56 Å². The predicted octanol–water partition coefficient (Wildman–Crippen LogP) is 4.36. The van der Waals surface area contributed by atoms with Crippen molar-refractivity contribution in [3.8, 4) is 11.3 Å². The minimum absolute atomic E-state index is 0.0896. The van der Waals surface area contributed by atoms with E-state index >= 15 is 0 Å². The normalized spacial score (nSPS) is 15.7. The zero-order valence-electron chi connectivity index (χ0n) is 17.9. The minimum atomic E-state index is -0.0896. The van der Waals surface area contributed by atoms with Crippen LogP contribution in [0.3, 0.4) is 0 Å². The van der Waals surface area contributed by atoms with E-state index in [1.807, 2.05) is 34.9 Å². The topological polar surface area (TPSA) is 80.5 Å². The molecule has 0 spiro atoms. The molecule has 1 fully saturated rings. The van der Waals surface area contributed by atoms with E-state index in [0.29, 0.717) is 12.1 Å². The van der Waals surface area contributed by atoms with Crippen molar-refractivity contribution in [1.82, 2.24) is 19.7 Å². The van der Waals surface area contributed by atoms with Crippen LogP contribution >= 0.6 is 0 Å². The Morgan fingerprint density at radius 2 is 1.97 bits per heavy atom. The number of fused-ring (bicyclic) bond motifs is 1. The van der Waals surface area contributed by atoms with Crippen molar-refractivity contribution in [2.45, 2.75) is 25.9 Å². The lowest BCUT2D eigenvalue weighted by Crippen LogP contribution is -2.31. The minimum Gasteiger partial charge on any atom is -0.376 e. The Hall–Kier alpha value is -3.71. The van der Waals surface area contributed by atoms with Crippen molar-refractivity contribution in [3.05, 3.63) is 78.2 Å². The van der Waals surface area contributed by atoms with Crippen LogP contribution in [0.15, 0.2) is 67.1 Å². The third-order valence-electron chi connectivity index (χ3n) is 5.68. The van der Waals surface area contributed by atoms with E-state index in [-0.39, 0.29) is 12.0 Å². The lowest BCUT2D eigenvalue weighted by Gasteiger charge is -2.12. The quantitative estimate of drug-likeness (QED) is 0.478. The molecule has 1 atom stereocenters. The summed E-state index contributed by atoms with van der Waals surface area (Å²) in [5.41, 5.74) is 5.31. The van der Waals surface area contributed by atoms with Gasteiger partial charge in [-0.25, -0.2) is 4.98 Å². The van der Waals surface area contributed by atoms with Crippen LogP contribution in [-0.4, -0.2) is 39.5 Å². The van der Waals surface area contributed by atoms with Crippen LogP contribution in [0.25, 0.3) is 16.9 Å². The molecule has 0 bridgehead atoms. The molecule has 7 nitrogen and oxygen atoms in total. The molecule has 1 unspecified atom stereocenters. The zero-order chi connectivity index (χ0) is 21.9. The molecule has 2 aromatic carbocycles. The van der Waals surface area contributed by atoms with Gasteiger partial charge in [0.25, 0.3) is 5.91 Å². The molecule has 162 valence electrons. The van der Waals surface area contributed by atoms with Gasteiger partial charge in [0.1, 0.15) is 11.5 Å². The van der Waals surface area contributed by atoms with Crippen molar-refractivity contribution < 1.29 is 9.53 Å². The fraction of sp³-hybridized carbons (Fsp3) is 0.240. The van der Waals surface area contributed by atoms with Crippen molar-refractivity contribution in [2.24, 2.45) is 0 Å². The summed E-state index contributed by atoms with van der Waals surface area (Å²) in [5, 5.41) is 6.43. The van der Waals surface area contributed by atoms with E-state index in [4.69, 9.17) is 9.72 Å². The number of benzene rings is 2. The fourth-order valence-corrected chi connectivity index (χ4v) is 3.89. The summed E-state index contributed by atoms with van der Waals surface area (Å²) in [6.07, 6.45) is 7.55. The smallest absolute Gasteiger partial charge is 0.251 e. The van der Waals surface area contributed by atoms with Gasteiger partial charge in [-0.3, -0.25) is 14.2 Å². The van der Waals surface area contributed by atoms with Crippen molar-refractivity contribution >= 4 is 23.1 Å². The Balaban J connectivity index is 1.37. The van der Waals surface area contributed by atoms with Gasteiger partial charge >= 0.3 is 0 Å². The molecule has 1 amide bonds. The summed E-state index contributed by atoms with van der Waals surface area (Å²) < 4.78 is 7.55. The Labute approximate surface area is 186 Å². The van der Waals surface area contributed by atoms with E-state index in [9.17, 15) is 4.79 Å². The zero-order valence-corrected chi connectivity index (χ0v) is 17.9. The number of imidazole rings is 1. The number of carbonyl (C=O) groups excluding carboxylic acids is 1. The largest absolute Gasteiger partial charge is 0.376 e. The molecule has 0 aliphatic carbocycles. The van der Waals surface area contributed by atoms with Gasteiger partial charge in [0.2, 0.25) is 0 Å². The molecule has 2 N–H and O–H groups in total. The molecule has 1 aliphatic rings. The van der Waals surface area contributed by atoms with E-state index in [2.05, 4.69) is 46.8 Å². The number of nitrogens with zero attached hydrogens (tertiary/aromatic N) is 3. The second-order valence-corrected chi connectivity index (χ2v) is 8.03. The molecule has 5 rings (SSSR count). The van der Waals surface area contributed by atoms with Gasteiger partial charge in [0, 0.05) is 42.4 Å². The van der Waals surface area contributed by atoms with Crippen molar-refractivity contribution in [1.29, 1.82) is 0 Å². The SMILES string of the molecule is Cc1ccc(-c2nc3cnccn3c2Nc2ccc(C(=O)NCC3CCCO3)cc2)cc1. The van der Waals surface area contributed by atoms with Crippen molar-refractivity contribution in [3.63, 3.8) is 0 Å². The van der Waals surface area contributed by atoms with Gasteiger partial charge in [-0.1, -0.05) is 29.8 Å². The number of aromatic nitrogens is 3. The van der Waals surface area contributed by atoms with Gasteiger partial charge < -0.3 is 15.4 Å². The highest BCUT2D eigenvalue weighted by atomic mass is 16.5. The summed E-state index contributed by atoms with van der Waals surface area (Å²) in [5.74, 6) is 0.759. The van der Waals surface area contributed by atoms with Gasteiger partial charge in [-0.15, -0.1) is 0 Å². The predicted molar refractivity (Wildman–Crippen MR) is 124 cm³/mol. The maximum Gasteiger partial charge on any atom is 0.251 e. The Morgan fingerprint density at radius 3 is 2.72 bits per heavy atom. The van der Waals surface area contributed by atoms with Crippen LogP contribution < -0.4 is 10.6 Å². The standard InChI is InChI=1S/C25H25N5O2/c1-17-4-6-18(7-5-17)23-24(30-13-12-26-16-22(30)29-23)28-20-10-8-19(9-11-20)25(31)27-15-21-3-2-14-32-21/h4-13,16,21,28H,2-3,14-15H2,1H3,(H,27,31). The van der Waals surface area contributed by atoms with Gasteiger partial charge in [-0.05, 0) is 44.0 Å². The fourth-order valence-electron chi connectivity index (χ4n) is 3.89. The highest BCUT2D eigenvalue weighted by Crippen LogP contribution is 2.31. The number of anilines is 2. The number of ether oxygens (including phenoxy) is 1. The number of carbonyl (C=O) groups is 1. The average Bonchev–Trinajstić information content (AvgIpc) is 3.47. The van der Waals surface area contributed by atoms with E-state index in [1.54, 1.807) is 12.4 Å². The molecule has 1 aliphatic heterocycles. The van der Waals surface area contributed by atoms with Crippen LogP contribution in [0.1, 0.15) is 28.8 Å². The van der Waals surface area contributed by atoms with Gasteiger partial charge in [0.15, 0.2) is 5.65 Å².